The zero-order chi connectivity index (χ0) is 29.3. The summed E-state index contributed by atoms with van der Waals surface area (Å²) in [6, 6.07) is 15.4. The summed E-state index contributed by atoms with van der Waals surface area (Å²) in [5, 5.41) is 3.97. The molecule has 212 valence electrons. The number of sulfonamides is 1. The van der Waals surface area contributed by atoms with Crippen molar-refractivity contribution < 1.29 is 17.7 Å². The monoisotopic (exact) mass is 581 g/mol. The molecule has 9 nitrogen and oxygen atoms in total. The molecule has 0 spiro atoms. The Kier molecular flexibility index (Phi) is 8.24. The van der Waals surface area contributed by atoms with Crippen LogP contribution in [0.15, 0.2) is 65.8 Å². The second-order valence-corrected chi connectivity index (χ2v) is 16.7. The number of nitrogens with zero attached hydrogens (tertiary/aromatic N) is 4. The van der Waals surface area contributed by atoms with Gasteiger partial charge in [0.25, 0.3) is 10.0 Å². The summed E-state index contributed by atoms with van der Waals surface area (Å²) in [4.78, 5) is 9.29. The van der Waals surface area contributed by atoms with Gasteiger partial charge >= 0.3 is 0 Å². The summed E-state index contributed by atoms with van der Waals surface area (Å²) in [6.45, 7) is 11.7. The zero-order valence-corrected chi connectivity index (χ0v) is 25.7. The molecule has 0 aliphatic carbocycles. The second-order valence-electron chi connectivity index (χ2n) is 11.4. The lowest BCUT2D eigenvalue weighted by Crippen LogP contribution is -2.20. The van der Waals surface area contributed by atoms with Gasteiger partial charge in [-0.3, -0.25) is 4.68 Å². The van der Waals surface area contributed by atoms with Crippen molar-refractivity contribution in [3.63, 3.8) is 0 Å². The van der Waals surface area contributed by atoms with Crippen LogP contribution >= 0.6 is 7.14 Å². The number of benzene rings is 2. The van der Waals surface area contributed by atoms with Gasteiger partial charge in [-0.25, -0.2) is 18.1 Å². The molecule has 0 atom stereocenters. The first-order valence-electron chi connectivity index (χ1n) is 12.9. The van der Waals surface area contributed by atoms with Gasteiger partial charge in [0.2, 0.25) is 11.8 Å². The van der Waals surface area contributed by atoms with Gasteiger partial charge < -0.3 is 9.30 Å². The predicted octanol–water partition coefficient (Wildman–Crippen LogP) is 6.24. The molecule has 0 bridgehead atoms. The van der Waals surface area contributed by atoms with E-state index >= 15 is 0 Å². The molecule has 2 heterocycles. The molecule has 4 rings (SSSR count). The van der Waals surface area contributed by atoms with E-state index in [0.717, 1.165) is 22.3 Å². The van der Waals surface area contributed by atoms with Crippen LogP contribution in [0.2, 0.25) is 0 Å². The Balaban J connectivity index is 1.82. The van der Waals surface area contributed by atoms with Crippen LogP contribution in [0, 0.1) is 6.92 Å². The van der Waals surface area contributed by atoms with Crippen LogP contribution in [0.5, 0.6) is 11.6 Å². The molecule has 4 aromatic rings. The molecule has 0 fully saturated rings. The number of anilines is 1. The lowest BCUT2D eigenvalue weighted by molar-refractivity contribution is 0.436. The topological polar surface area (TPSA) is 116 Å². The highest BCUT2D eigenvalue weighted by molar-refractivity contribution is 7.92. The molecule has 0 amide bonds. The summed E-state index contributed by atoms with van der Waals surface area (Å²) in [6.07, 6.45) is 4.02. The van der Waals surface area contributed by atoms with E-state index in [1.807, 2.05) is 76.2 Å². The molecule has 1 N–H and O–H groups in total. The normalized spacial score (nSPS) is 12.4. The van der Waals surface area contributed by atoms with Gasteiger partial charge in [-0.2, -0.15) is 10.1 Å². The lowest BCUT2D eigenvalue weighted by Gasteiger charge is -2.26. The van der Waals surface area contributed by atoms with Crippen molar-refractivity contribution in [1.82, 2.24) is 19.7 Å². The summed E-state index contributed by atoms with van der Waals surface area (Å²) in [5.41, 5.74) is 3.76. The van der Waals surface area contributed by atoms with Crippen LogP contribution in [-0.2, 0) is 33.5 Å². The third-order valence-electron chi connectivity index (χ3n) is 6.32. The Morgan fingerprint density at radius 1 is 1.02 bits per heavy atom. The Bertz CT molecular complexity index is 1670. The Labute approximate surface area is 236 Å². The maximum Gasteiger partial charge on any atom is 0.267 e. The third kappa shape index (κ3) is 7.17. The molecule has 2 aromatic carbocycles. The molecule has 0 saturated heterocycles. The lowest BCUT2D eigenvalue weighted by atomic mass is 9.84. The smallest absolute Gasteiger partial charge is 0.267 e. The van der Waals surface area contributed by atoms with E-state index in [-0.39, 0.29) is 16.7 Å². The summed E-state index contributed by atoms with van der Waals surface area (Å²) >= 11 is 0. The number of aromatic nitrogens is 4. The van der Waals surface area contributed by atoms with E-state index < -0.39 is 22.6 Å². The average molecular weight is 582 g/mol. The van der Waals surface area contributed by atoms with Gasteiger partial charge in [0, 0.05) is 30.5 Å². The van der Waals surface area contributed by atoms with Crippen molar-refractivity contribution in [1.29, 1.82) is 0 Å². The van der Waals surface area contributed by atoms with Crippen LogP contribution in [0.4, 0.5) is 5.95 Å². The molecule has 2 aromatic heterocycles. The van der Waals surface area contributed by atoms with E-state index in [0.29, 0.717) is 24.0 Å². The van der Waals surface area contributed by atoms with Crippen LogP contribution < -0.4 is 9.46 Å². The van der Waals surface area contributed by atoms with Gasteiger partial charge in [-0.1, -0.05) is 57.2 Å². The van der Waals surface area contributed by atoms with E-state index in [1.165, 1.54) is 17.1 Å². The quantitative estimate of drug-likeness (QED) is 0.233. The van der Waals surface area contributed by atoms with E-state index in [2.05, 4.69) is 14.8 Å². The van der Waals surface area contributed by atoms with Gasteiger partial charge in [0.15, 0.2) is 0 Å². The molecule has 0 unspecified atom stereocenters. The molecule has 0 aliphatic rings. The number of hydrogen-bond acceptors (Lipinski definition) is 7. The second kappa shape index (κ2) is 11.2. The maximum absolute atomic E-state index is 13.1. The first-order chi connectivity index (χ1) is 18.6. The highest BCUT2D eigenvalue weighted by Crippen LogP contribution is 2.41. The van der Waals surface area contributed by atoms with Crippen molar-refractivity contribution in [2.75, 3.05) is 24.2 Å². The van der Waals surface area contributed by atoms with Crippen molar-refractivity contribution in [2.24, 2.45) is 7.05 Å². The largest absolute Gasteiger partial charge is 0.439 e. The average Bonchev–Trinajstić information content (AvgIpc) is 3.29. The summed E-state index contributed by atoms with van der Waals surface area (Å²) < 4.78 is 48.7. The SMILES string of the molecule is Cc1ccccc1-c1nc(NS(=O)(=O)c2cnn(C)c2)nc(Oc2ccc(CCP(C)(C)=O)cc2)c1C(C)(C)C. The highest BCUT2D eigenvalue weighted by atomic mass is 32.2. The Morgan fingerprint density at radius 2 is 1.70 bits per heavy atom. The Hall–Kier alpha value is -3.49. The first-order valence-corrected chi connectivity index (χ1v) is 17.2. The van der Waals surface area contributed by atoms with Gasteiger partial charge in [0.05, 0.1) is 19.0 Å². The zero-order valence-electron chi connectivity index (χ0n) is 24.0. The number of ether oxygens (including phenoxy) is 1. The van der Waals surface area contributed by atoms with Gasteiger partial charge in [-0.15, -0.1) is 0 Å². The first kappa shape index (κ1) is 29.5. The van der Waals surface area contributed by atoms with Crippen molar-refractivity contribution >= 4 is 23.1 Å². The minimum Gasteiger partial charge on any atom is -0.439 e. The molecule has 11 heteroatoms. The fraction of sp³-hybridized carbons (Fsp3) is 0.345. The molecule has 0 saturated carbocycles. The van der Waals surface area contributed by atoms with Crippen molar-refractivity contribution in [3.8, 4) is 22.9 Å². The fourth-order valence-electron chi connectivity index (χ4n) is 4.22. The number of aryl methyl sites for hydroxylation is 3. The third-order valence-corrected chi connectivity index (χ3v) is 8.90. The van der Waals surface area contributed by atoms with Crippen LogP contribution in [0.25, 0.3) is 11.3 Å². The molecule has 40 heavy (non-hydrogen) atoms. The minimum atomic E-state index is -4.00. The number of nitrogens with one attached hydrogen (secondary N) is 1. The fourth-order valence-corrected chi connectivity index (χ4v) is 5.94. The van der Waals surface area contributed by atoms with Crippen LogP contribution in [-0.4, -0.2) is 47.7 Å². The summed E-state index contributed by atoms with van der Waals surface area (Å²) in [7, 11) is -4.47. The van der Waals surface area contributed by atoms with Gasteiger partial charge in [0.1, 0.15) is 10.6 Å². The number of hydrogen-bond donors (Lipinski definition) is 1. The molecular formula is C29H36N5O4PS. The maximum atomic E-state index is 13.1. The highest BCUT2D eigenvalue weighted by Gasteiger charge is 2.30. The number of rotatable bonds is 9. The predicted molar refractivity (Wildman–Crippen MR) is 159 cm³/mol. The van der Waals surface area contributed by atoms with Crippen molar-refractivity contribution in [3.05, 3.63) is 77.6 Å². The van der Waals surface area contributed by atoms with E-state index in [4.69, 9.17) is 9.72 Å². The van der Waals surface area contributed by atoms with E-state index in [1.54, 1.807) is 20.4 Å². The van der Waals surface area contributed by atoms with Crippen LogP contribution in [0.1, 0.15) is 37.5 Å². The van der Waals surface area contributed by atoms with Gasteiger partial charge in [-0.05, 0) is 55.3 Å². The summed E-state index contributed by atoms with van der Waals surface area (Å²) in [5.74, 6) is 0.688. The Morgan fingerprint density at radius 3 is 2.27 bits per heavy atom. The van der Waals surface area contributed by atoms with E-state index in [9.17, 15) is 13.0 Å². The molecule has 0 aliphatic heterocycles. The standard InChI is InChI=1S/C29H36N5O4PS/c1-20-10-8-9-11-24(20)26-25(29(2,3)4)27(38-22-14-12-21(13-15-22)16-17-39(6,7)35)32-28(31-26)33-40(36,37)23-18-30-34(5)19-23/h8-15,18-19H,16-17H2,1-7H3,(H,31,32,33). The minimum absolute atomic E-state index is 0.00213. The van der Waals surface area contributed by atoms with Crippen LogP contribution in [0.3, 0.4) is 0 Å². The molecule has 0 radical (unpaired) electrons. The van der Waals surface area contributed by atoms with Crippen molar-refractivity contribution in [2.45, 2.75) is 44.4 Å². The molecular weight excluding hydrogens is 545 g/mol.